The molecule has 4 rings (SSSR count). The summed E-state index contributed by atoms with van der Waals surface area (Å²) >= 11 is 0. The van der Waals surface area contributed by atoms with Crippen LogP contribution in [0.5, 0.6) is 0 Å². The SMILES string of the molecule is Cc1ccc(-c2cnn(C(=O)N(CCc3ccccc3)C3CCC3)n2)cc1. The van der Waals surface area contributed by atoms with Gasteiger partial charge in [0.1, 0.15) is 5.69 Å². The predicted octanol–water partition coefficient (Wildman–Crippen LogP) is 4.32. The number of carbonyl (C=O) groups is 1. The lowest BCUT2D eigenvalue weighted by atomic mass is 9.91. The first-order valence-corrected chi connectivity index (χ1v) is 9.55. The Balaban J connectivity index is 1.50. The summed E-state index contributed by atoms with van der Waals surface area (Å²) in [5.74, 6) is 0. The van der Waals surface area contributed by atoms with Crippen molar-refractivity contribution in [3.8, 4) is 11.3 Å². The first kappa shape index (κ1) is 17.5. The molecule has 5 heteroatoms. The van der Waals surface area contributed by atoms with Crippen LogP contribution in [0.3, 0.4) is 0 Å². The fraction of sp³-hybridized carbons (Fsp3) is 0.318. The molecule has 27 heavy (non-hydrogen) atoms. The standard InChI is InChI=1S/C22H24N4O/c1-17-10-12-19(13-11-17)21-16-23-26(24-21)22(27)25(20-8-5-9-20)15-14-18-6-3-2-4-7-18/h2-4,6-7,10-13,16,20H,5,8-9,14-15H2,1H3. The van der Waals surface area contributed by atoms with E-state index >= 15 is 0 Å². The highest BCUT2D eigenvalue weighted by Crippen LogP contribution is 2.26. The summed E-state index contributed by atoms with van der Waals surface area (Å²) in [4.78, 5) is 16.3. The van der Waals surface area contributed by atoms with Crippen LogP contribution in [0.15, 0.2) is 60.8 Å². The van der Waals surface area contributed by atoms with Crippen LogP contribution in [-0.4, -0.2) is 38.5 Å². The van der Waals surface area contributed by atoms with Gasteiger partial charge >= 0.3 is 6.03 Å². The van der Waals surface area contributed by atoms with Crippen LogP contribution >= 0.6 is 0 Å². The maximum absolute atomic E-state index is 13.1. The highest BCUT2D eigenvalue weighted by atomic mass is 16.2. The zero-order chi connectivity index (χ0) is 18.6. The van der Waals surface area contributed by atoms with Crippen molar-refractivity contribution in [1.82, 2.24) is 19.9 Å². The minimum atomic E-state index is -0.131. The van der Waals surface area contributed by atoms with E-state index in [4.69, 9.17) is 0 Å². The van der Waals surface area contributed by atoms with Crippen LogP contribution in [0.1, 0.15) is 30.4 Å². The van der Waals surface area contributed by atoms with E-state index in [9.17, 15) is 4.79 Å². The zero-order valence-electron chi connectivity index (χ0n) is 15.6. The van der Waals surface area contributed by atoms with Crippen LogP contribution < -0.4 is 0 Å². The number of hydrogen-bond acceptors (Lipinski definition) is 3. The fourth-order valence-corrected chi connectivity index (χ4v) is 3.35. The maximum Gasteiger partial charge on any atom is 0.362 e. The van der Waals surface area contributed by atoms with Crippen molar-refractivity contribution in [2.45, 2.75) is 38.6 Å². The highest BCUT2D eigenvalue weighted by molar-refractivity contribution is 5.76. The van der Waals surface area contributed by atoms with Crippen LogP contribution in [0.2, 0.25) is 0 Å². The third-order valence-electron chi connectivity index (χ3n) is 5.26. The van der Waals surface area contributed by atoms with Crippen molar-refractivity contribution in [1.29, 1.82) is 0 Å². The summed E-state index contributed by atoms with van der Waals surface area (Å²) in [5, 5.41) is 8.69. The molecule has 1 saturated carbocycles. The molecule has 0 radical (unpaired) electrons. The molecule has 1 aliphatic carbocycles. The fourth-order valence-electron chi connectivity index (χ4n) is 3.35. The molecule has 2 aromatic carbocycles. The van der Waals surface area contributed by atoms with Gasteiger partial charge in [-0.1, -0.05) is 65.0 Å². The quantitative estimate of drug-likeness (QED) is 0.681. The number of aryl methyl sites for hydroxylation is 1. The number of nitrogens with zero attached hydrogens (tertiary/aromatic N) is 4. The van der Waals surface area contributed by atoms with Gasteiger partial charge in [0.05, 0.1) is 6.20 Å². The molecule has 0 unspecified atom stereocenters. The molecule has 1 heterocycles. The molecule has 1 aromatic heterocycles. The summed E-state index contributed by atoms with van der Waals surface area (Å²) in [6.07, 6.45) is 5.81. The monoisotopic (exact) mass is 360 g/mol. The molecule has 5 nitrogen and oxygen atoms in total. The van der Waals surface area contributed by atoms with E-state index in [1.165, 1.54) is 22.3 Å². The molecule has 0 aliphatic heterocycles. The largest absolute Gasteiger partial charge is 0.362 e. The van der Waals surface area contributed by atoms with E-state index in [0.717, 1.165) is 30.5 Å². The Kier molecular flexibility index (Phi) is 5.01. The number of amides is 1. The summed E-state index contributed by atoms with van der Waals surface area (Å²) < 4.78 is 0. The van der Waals surface area contributed by atoms with E-state index in [-0.39, 0.29) is 6.03 Å². The smallest absolute Gasteiger partial charge is 0.318 e. The van der Waals surface area contributed by atoms with E-state index in [0.29, 0.717) is 12.6 Å². The van der Waals surface area contributed by atoms with Gasteiger partial charge < -0.3 is 4.90 Å². The summed E-state index contributed by atoms with van der Waals surface area (Å²) in [6, 6.07) is 18.5. The van der Waals surface area contributed by atoms with Crippen LogP contribution in [0.25, 0.3) is 11.3 Å². The Morgan fingerprint density at radius 3 is 2.52 bits per heavy atom. The van der Waals surface area contributed by atoms with Gasteiger partial charge in [0, 0.05) is 18.2 Å². The molecular formula is C22H24N4O. The highest BCUT2D eigenvalue weighted by Gasteiger charge is 2.30. The van der Waals surface area contributed by atoms with Crippen LogP contribution in [0, 0.1) is 6.92 Å². The van der Waals surface area contributed by atoms with Gasteiger partial charge in [-0.3, -0.25) is 0 Å². The Morgan fingerprint density at radius 2 is 1.85 bits per heavy atom. The Hall–Kier alpha value is -2.95. The zero-order valence-corrected chi connectivity index (χ0v) is 15.6. The van der Waals surface area contributed by atoms with Gasteiger partial charge in [0.15, 0.2) is 0 Å². The van der Waals surface area contributed by atoms with Gasteiger partial charge in [0.2, 0.25) is 0 Å². The van der Waals surface area contributed by atoms with E-state index in [2.05, 4.69) is 22.3 Å². The van der Waals surface area contributed by atoms with Crippen molar-refractivity contribution in [3.05, 3.63) is 71.9 Å². The van der Waals surface area contributed by atoms with E-state index in [1.54, 1.807) is 6.20 Å². The maximum atomic E-state index is 13.1. The molecule has 0 bridgehead atoms. The second kappa shape index (κ2) is 7.74. The molecule has 1 aliphatic rings. The van der Waals surface area contributed by atoms with Crippen molar-refractivity contribution in [3.63, 3.8) is 0 Å². The van der Waals surface area contributed by atoms with Crippen molar-refractivity contribution < 1.29 is 4.79 Å². The summed E-state index contributed by atoms with van der Waals surface area (Å²) in [7, 11) is 0. The number of hydrogen-bond donors (Lipinski definition) is 0. The molecule has 0 spiro atoms. The van der Waals surface area contributed by atoms with Gasteiger partial charge in [-0.05, 0) is 38.2 Å². The summed E-state index contributed by atoms with van der Waals surface area (Å²) in [5.41, 5.74) is 4.13. The normalized spacial score (nSPS) is 14.0. The van der Waals surface area contributed by atoms with Crippen LogP contribution in [-0.2, 0) is 6.42 Å². The van der Waals surface area contributed by atoms with E-state index < -0.39 is 0 Å². The second-order valence-corrected chi connectivity index (χ2v) is 7.18. The van der Waals surface area contributed by atoms with Gasteiger partial charge in [0.25, 0.3) is 0 Å². The first-order valence-electron chi connectivity index (χ1n) is 9.55. The molecule has 1 amide bonds. The average molecular weight is 360 g/mol. The molecular weight excluding hydrogens is 336 g/mol. The van der Waals surface area contributed by atoms with Crippen molar-refractivity contribution in [2.24, 2.45) is 0 Å². The van der Waals surface area contributed by atoms with Gasteiger partial charge in [-0.25, -0.2) is 4.79 Å². The Bertz CT molecular complexity index is 898. The molecule has 138 valence electrons. The molecule has 3 aromatic rings. The number of aromatic nitrogens is 3. The first-order chi connectivity index (χ1) is 13.2. The Morgan fingerprint density at radius 1 is 1.11 bits per heavy atom. The van der Waals surface area contributed by atoms with Gasteiger partial charge in [-0.15, -0.1) is 5.10 Å². The minimum Gasteiger partial charge on any atom is -0.318 e. The molecule has 0 saturated heterocycles. The third-order valence-corrected chi connectivity index (χ3v) is 5.26. The number of carbonyl (C=O) groups excluding carboxylic acids is 1. The molecule has 0 N–H and O–H groups in total. The summed E-state index contributed by atoms with van der Waals surface area (Å²) in [6.45, 7) is 2.74. The minimum absolute atomic E-state index is 0.131. The average Bonchev–Trinajstić information content (AvgIpc) is 3.14. The second-order valence-electron chi connectivity index (χ2n) is 7.18. The molecule has 0 atom stereocenters. The van der Waals surface area contributed by atoms with Gasteiger partial charge in [-0.2, -0.15) is 5.10 Å². The van der Waals surface area contributed by atoms with Crippen LogP contribution in [0.4, 0.5) is 4.79 Å². The lowest BCUT2D eigenvalue weighted by Gasteiger charge is -2.36. The van der Waals surface area contributed by atoms with Crippen molar-refractivity contribution >= 4 is 6.03 Å². The van der Waals surface area contributed by atoms with Crippen molar-refractivity contribution in [2.75, 3.05) is 6.54 Å². The number of rotatable bonds is 5. The van der Waals surface area contributed by atoms with E-state index in [1.807, 2.05) is 54.3 Å². The number of benzene rings is 2. The third kappa shape index (κ3) is 3.92. The predicted molar refractivity (Wildman–Crippen MR) is 105 cm³/mol. The topological polar surface area (TPSA) is 51.0 Å². The molecule has 1 fully saturated rings. The lowest BCUT2D eigenvalue weighted by molar-refractivity contribution is 0.135. The lowest BCUT2D eigenvalue weighted by Crippen LogP contribution is -2.47. The Labute approximate surface area is 159 Å².